The number of hydrogen-bond acceptors (Lipinski definition) is 4. The van der Waals surface area contributed by atoms with Crippen molar-refractivity contribution in [1.29, 1.82) is 0 Å². The van der Waals surface area contributed by atoms with E-state index in [-0.39, 0.29) is 24.9 Å². The highest BCUT2D eigenvalue weighted by molar-refractivity contribution is 6.32. The van der Waals surface area contributed by atoms with Gasteiger partial charge in [0.15, 0.2) is 0 Å². The number of carbonyl (C=O) groups excluding carboxylic acids is 1. The predicted octanol–water partition coefficient (Wildman–Crippen LogP) is 1.68. The largest absolute Gasteiger partial charge is 0.490 e. The number of nitrogens with one attached hydrogen (secondary N) is 1. The van der Waals surface area contributed by atoms with Gasteiger partial charge in [0, 0.05) is 12.8 Å². The summed E-state index contributed by atoms with van der Waals surface area (Å²) in [5.74, 6) is 0.281. The number of anilines is 1. The number of methoxy groups -OCH3 is 1. The Kier molecular flexibility index (Phi) is 8.49. The average Bonchev–Trinajstić information content (AvgIpc) is 2.32. The summed E-state index contributed by atoms with van der Waals surface area (Å²) in [6, 6.07) is 4.99. The minimum absolute atomic E-state index is 0. The number of rotatable bonds is 6. The van der Waals surface area contributed by atoms with E-state index in [1.54, 1.807) is 25.3 Å². The molecule has 1 rings (SSSR count). The molecule has 5 nitrogen and oxygen atoms in total. The van der Waals surface area contributed by atoms with E-state index in [9.17, 15) is 4.79 Å². The molecule has 0 spiro atoms. The first-order chi connectivity index (χ1) is 8.17. The van der Waals surface area contributed by atoms with Crippen LogP contribution >= 0.6 is 24.0 Å². The molecule has 0 radical (unpaired) electrons. The number of halogens is 2. The van der Waals surface area contributed by atoms with Crippen LogP contribution in [-0.2, 0) is 9.53 Å². The Morgan fingerprint density at radius 3 is 2.72 bits per heavy atom. The molecule has 0 aromatic heterocycles. The first-order valence-corrected chi connectivity index (χ1v) is 5.46. The zero-order valence-electron chi connectivity index (χ0n) is 9.94. The summed E-state index contributed by atoms with van der Waals surface area (Å²) in [6.45, 7) is 0.844. The Morgan fingerprint density at radius 2 is 2.17 bits per heavy atom. The van der Waals surface area contributed by atoms with Crippen LogP contribution in [0.3, 0.4) is 0 Å². The fourth-order valence-electron chi connectivity index (χ4n) is 1.14. The Balaban J connectivity index is 0.00000289. The van der Waals surface area contributed by atoms with Crippen molar-refractivity contribution in [3.05, 3.63) is 23.2 Å². The average molecular weight is 295 g/mol. The third-order valence-electron chi connectivity index (χ3n) is 1.95. The molecule has 0 aliphatic rings. The number of amides is 1. The molecule has 0 aliphatic heterocycles. The summed E-state index contributed by atoms with van der Waals surface area (Å²) in [5, 5.41) is 3.03. The fraction of sp³-hybridized carbons (Fsp3) is 0.364. The van der Waals surface area contributed by atoms with Gasteiger partial charge >= 0.3 is 0 Å². The van der Waals surface area contributed by atoms with Crippen LogP contribution < -0.4 is 15.8 Å². The minimum Gasteiger partial charge on any atom is -0.490 e. The number of nitrogens with two attached hydrogens (primary N) is 1. The highest BCUT2D eigenvalue weighted by atomic mass is 35.5. The van der Waals surface area contributed by atoms with Gasteiger partial charge in [-0.3, -0.25) is 4.79 Å². The van der Waals surface area contributed by atoms with E-state index in [2.05, 4.69) is 5.32 Å². The summed E-state index contributed by atoms with van der Waals surface area (Å²) in [5.41, 5.74) is 5.77. The van der Waals surface area contributed by atoms with Crippen molar-refractivity contribution in [2.45, 2.75) is 0 Å². The van der Waals surface area contributed by atoms with Gasteiger partial charge in [-0.05, 0) is 18.2 Å². The molecule has 18 heavy (non-hydrogen) atoms. The highest BCUT2D eigenvalue weighted by Gasteiger charge is 2.05. The van der Waals surface area contributed by atoms with Crippen LogP contribution in [-0.4, -0.2) is 32.8 Å². The van der Waals surface area contributed by atoms with Crippen LogP contribution in [0.4, 0.5) is 5.69 Å². The third kappa shape index (κ3) is 5.55. The number of ether oxygens (including phenoxy) is 2. The Hall–Kier alpha value is -1.01. The normalized spacial score (nSPS) is 9.50. The molecule has 0 fully saturated rings. The first-order valence-electron chi connectivity index (χ1n) is 5.08. The van der Waals surface area contributed by atoms with E-state index in [4.69, 9.17) is 26.8 Å². The van der Waals surface area contributed by atoms with Crippen molar-refractivity contribution >= 4 is 35.6 Å². The summed E-state index contributed by atoms with van der Waals surface area (Å²) in [4.78, 5) is 11.1. The van der Waals surface area contributed by atoms with E-state index in [1.807, 2.05) is 0 Å². The molecule has 0 saturated carbocycles. The van der Waals surface area contributed by atoms with E-state index in [0.29, 0.717) is 29.7 Å². The number of carbonyl (C=O) groups is 1. The van der Waals surface area contributed by atoms with Gasteiger partial charge in [0.1, 0.15) is 12.4 Å². The van der Waals surface area contributed by atoms with Crippen molar-refractivity contribution < 1.29 is 14.3 Å². The van der Waals surface area contributed by atoms with Crippen molar-refractivity contribution in [2.75, 3.05) is 32.2 Å². The minimum atomic E-state index is -0.269. The molecule has 7 heteroatoms. The molecule has 0 bridgehead atoms. The molecule has 3 N–H and O–H groups in total. The smallest absolute Gasteiger partial charge is 0.238 e. The van der Waals surface area contributed by atoms with Crippen molar-refractivity contribution in [3.8, 4) is 5.75 Å². The van der Waals surface area contributed by atoms with Crippen molar-refractivity contribution in [2.24, 2.45) is 5.73 Å². The van der Waals surface area contributed by atoms with Gasteiger partial charge in [-0.15, -0.1) is 12.4 Å². The number of benzene rings is 1. The quantitative estimate of drug-likeness (QED) is 0.783. The van der Waals surface area contributed by atoms with Crippen LogP contribution in [0.25, 0.3) is 0 Å². The molecule has 0 heterocycles. The zero-order chi connectivity index (χ0) is 12.7. The molecule has 1 amide bonds. The maximum absolute atomic E-state index is 11.1. The van der Waals surface area contributed by atoms with Gasteiger partial charge in [0.2, 0.25) is 5.91 Å². The first kappa shape index (κ1) is 17.0. The van der Waals surface area contributed by atoms with Crippen LogP contribution in [0.1, 0.15) is 0 Å². The standard InChI is InChI=1S/C11H15ClN2O3.ClH/c1-16-4-5-17-10-3-2-8(6-9(10)12)14-11(15)7-13;/h2-3,6H,4-5,7,13H2,1H3,(H,14,15);1H. The molecule has 0 saturated heterocycles. The lowest BCUT2D eigenvalue weighted by molar-refractivity contribution is -0.114. The molecule has 1 aromatic rings. The molecule has 1 aromatic carbocycles. The van der Waals surface area contributed by atoms with Crippen molar-refractivity contribution in [1.82, 2.24) is 0 Å². The SMILES string of the molecule is COCCOc1ccc(NC(=O)CN)cc1Cl.Cl. The third-order valence-corrected chi connectivity index (χ3v) is 2.24. The molecule has 0 aliphatic carbocycles. The van der Waals surface area contributed by atoms with E-state index in [1.165, 1.54) is 0 Å². The van der Waals surface area contributed by atoms with Gasteiger partial charge in [-0.2, -0.15) is 0 Å². The second kappa shape index (κ2) is 8.99. The maximum Gasteiger partial charge on any atom is 0.238 e. The lowest BCUT2D eigenvalue weighted by atomic mass is 10.3. The topological polar surface area (TPSA) is 73.6 Å². The fourth-order valence-corrected chi connectivity index (χ4v) is 1.38. The van der Waals surface area contributed by atoms with E-state index >= 15 is 0 Å². The van der Waals surface area contributed by atoms with Crippen LogP contribution in [0.2, 0.25) is 5.02 Å². The van der Waals surface area contributed by atoms with E-state index in [0.717, 1.165) is 0 Å². The summed E-state index contributed by atoms with van der Waals surface area (Å²) < 4.78 is 10.2. The predicted molar refractivity (Wildman–Crippen MR) is 73.8 cm³/mol. The van der Waals surface area contributed by atoms with Gasteiger partial charge in [0.05, 0.1) is 18.2 Å². The molecular weight excluding hydrogens is 279 g/mol. The lowest BCUT2D eigenvalue weighted by Gasteiger charge is -2.09. The summed E-state index contributed by atoms with van der Waals surface area (Å²) in [6.07, 6.45) is 0. The number of hydrogen-bond donors (Lipinski definition) is 2. The van der Waals surface area contributed by atoms with Crippen LogP contribution in [0, 0.1) is 0 Å². The highest BCUT2D eigenvalue weighted by Crippen LogP contribution is 2.27. The van der Waals surface area contributed by atoms with Gasteiger partial charge in [-0.1, -0.05) is 11.6 Å². The molecule has 0 atom stereocenters. The molecule has 0 unspecified atom stereocenters. The van der Waals surface area contributed by atoms with Gasteiger partial charge in [0.25, 0.3) is 0 Å². The Labute approximate surface area is 117 Å². The Bertz CT molecular complexity index is 389. The van der Waals surface area contributed by atoms with Crippen molar-refractivity contribution in [3.63, 3.8) is 0 Å². The van der Waals surface area contributed by atoms with Gasteiger partial charge in [-0.25, -0.2) is 0 Å². The second-order valence-electron chi connectivity index (χ2n) is 3.24. The zero-order valence-corrected chi connectivity index (χ0v) is 11.5. The monoisotopic (exact) mass is 294 g/mol. The second-order valence-corrected chi connectivity index (χ2v) is 3.65. The molecule has 102 valence electrons. The molecular formula is C11H16Cl2N2O3. The van der Waals surface area contributed by atoms with Gasteiger partial charge < -0.3 is 20.5 Å². The van der Waals surface area contributed by atoms with Crippen LogP contribution in [0.5, 0.6) is 5.75 Å². The lowest BCUT2D eigenvalue weighted by Crippen LogP contribution is -2.21. The maximum atomic E-state index is 11.1. The Morgan fingerprint density at radius 1 is 1.44 bits per heavy atom. The van der Waals surface area contributed by atoms with E-state index < -0.39 is 0 Å². The van der Waals surface area contributed by atoms with Crippen LogP contribution in [0.15, 0.2) is 18.2 Å². The summed E-state index contributed by atoms with van der Waals surface area (Å²) in [7, 11) is 1.59. The summed E-state index contributed by atoms with van der Waals surface area (Å²) >= 11 is 5.99.